The second kappa shape index (κ2) is 10.5. The number of hydrogen-bond donors (Lipinski definition) is 1. The van der Waals surface area contributed by atoms with Crippen molar-refractivity contribution in [3.63, 3.8) is 0 Å². The van der Waals surface area contributed by atoms with Crippen molar-refractivity contribution >= 4 is 28.1 Å². The maximum absolute atomic E-state index is 12.8. The highest BCUT2D eigenvalue weighted by atomic mass is 79.9. The Morgan fingerprint density at radius 2 is 2.00 bits per heavy atom. The van der Waals surface area contributed by atoms with Crippen molar-refractivity contribution in [1.82, 2.24) is 5.43 Å². The molecule has 1 amide bonds. The first-order valence-corrected chi connectivity index (χ1v) is 10.1. The van der Waals surface area contributed by atoms with Crippen molar-refractivity contribution in [1.29, 1.82) is 0 Å². The molecule has 0 aliphatic heterocycles. The highest BCUT2D eigenvalue weighted by molar-refractivity contribution is 9.10. The summed E-state index contributed by atoms with van der Waals surface area (Å²) in [6.07, 6.45) is -2.35. The van der Waals surface area contributed by atoms with Crippen LogP contribution in [0.25, 0.3) is 0 Å². The van der Waals surface area contributed by atoms with Gasteiger partial charge >= 0.3 is 6.18 Å². The van der Waals surface area contributed by atoms with Crippen molar-refractivity contribution in [2.24, 2.45) is 5.10 Å². The molecule has 162 valence electrons. The zero-order valence-corrected chi connectivity index (χ0v) is 18.3. The first-order valence-electron chi connectivity index (χ1n) is 9.29. The van der Waals surface area contributed by atoms with Gasteiger partial charge in [-0.3, -0.25) is 4.79 Å². The zero-order valence-electron chi connectivity index (χ0n) is 16.7. The Hall–Kier alpha value is -2.55. The monoisotopic (exact) mass is 486 g/mol. The maximum Gasteiger partial charge on any atom is 0.416 e. The van der Waals surface area contributed by atoms with Crippen LogP contribution in [0.15, 0.2) is 46.0 Å². The van der Waals surface area contributed by atoms with Gasteiger partial charge in [0.2, 0.25) is 0 Å². The first kappa shape index (κ1) is 23.7. The van der Waals surface area contributed by atoms with Gasteiger partial charge in [-0.1, -0.05) is 13.0 Å². The molecule has 0 saturated heterocycles. The van der Waals surface area contributed by atoms with Crippen LogP contribution < -0.4 is 14.9 Å². The highest BCUT2D eigenvalue weighted by Gasteiger charge is 2.30. The molecule has 0 spiro atoms. The van der Waals surface area contributed by atoms with E-state index in [1.807, 2.05) is 20.8 Å². The minimum absolute atomic E-state index is 0.00762. The van der Waals surface area contributed by atoms with Crippen molar-refractivity contribution in [2.75, 3.05) is 6.61 Å². The predicted molar refractivity (Wildman–Crippen MR) is 112 cm³/mol. The second-order valence-electron chi connectivity index (χ2n) is 6.38. The summed E-state index contributed by atoms with van der Waals surface area (Å²) >= 11 is 3.45. The van der Waals surface area contributed by atoms with Crippen LogP contribution in [0.3, 0.4) is 0 Å². The summed E-state index contributed by atoms with van der Waals surface area (Å²) in [4.78, 5) is 12.1. The summed E-state index contributed by atoms with van der Waals surface area (Å²) in [5, 5.41) is 3.84. The van der Waals surface area contributed by atoms with Crippen LogP contribution in [-0.2, 0) is 6.18 Å². The molecule has 2 aromatic rings. The van der Waals surface area contributed by atoms with Gasteiger partial charge in [0, 0.05) is 5.56 Å². The lowest BCUT2D eigenvalue weighted by Crippen LogP contribution is -2.18. The molecule has 0 saturated carbocycles. The lowest BCUT2D eigenvalue weighted by Gasteiger charge is -2.18. The van der Waals surface area contributed by atoms with E-state index in [1.165, 1.54) is 18.3 Å². The smallest absolute Gasteiger partial charge is 0.416 e. The number of halogens is 4. The molecule has 2 rings (SSSR count). The quantitative estimate of drug-likeness (QED) is 0.378. The molecule has 0 radical (unpaired) electrons. The topological polar surface area (TPSA) is 59.9 Å². The molecule has 9 heteroatoms. The number of hydrazone groups is 1. The third-order valence-electron chi connectivity index (χ3n) is 4.06. The first-order chi connectivity index (χ1) is 14.2. The van der Waals surface area contributed by atoms with E-state index in [9.17, 15) is 18.0 Å². The van der Waals surface area contributed by atoms with Crippen LogP contribution in [0.2, 0.25) is 0 Å². The van der Waals surface area contributed by atoms with Crippen LogP contribution >= 0.6 is 15.9 Å². The molecule has 30 heavy (non-hydrogen) atoms. The number of alkyl halides is 3. The Kier molecular flexibility index (Phi) is 8.28. The van der Waals surface area contributed by atoms with Crippen LogP contribution in [-0.4, -0.2) is 24.8 Å². The van der Waals surface area contributed by atoms with Gasteiger partial charge in [-0.05, 0) is 72.1 Å². The van der Waals surface area contributed by atoms with Crippen molar-refractivity contribution in [3.05, 3.63) is 57.6 Å². The lowest BCUT2D eigenvalue weighted by molar-refractivity contribution is -0.137. The normalized spacial score (nSPS) is 12.6. The SMILES string of the molecule is CCOc1cc(/C=N\NC(=O)c2cccc(C(F)(F)F)c2)cc(Br)c1O[C@@H](C)CC. The molecule has 0 aliphatic rings. The van der Waals surface area contributed by atoms with E-state index < -0.39 is 17.6 Å². The Morgan fingerprint density at radius 1 is 1.27 bits per heavy atom. The molecule has 0 heterocycles. The summed E-state index contributed by atoms with van der Waals surface area (Å²) in [5.74, 6) is 0.326. The molecule has 1 atom stereocenters. The third kappa shape index (κ3) is 6.48. The minimum atomic E-state index is -4.53. The van der Waals surface area contributed by atoms with E-state index in [0.717, 1.165) is 18.6 Å². The highest BCUT2D eigenvalue weighted by Crippen LogP contribution is 2.37. The van der Waals surface area contributed by atoms with Crippen molar-refractivity contribution in [2.45, 2.75) is 39.5 Å². The van der Waals surface area contributed by atoms with Gasteiger partial charge in [0.15, 0.2) is 11.5 Å². The summed E-state index contributed by atoms with van der Waals surface area (Å²) in [5.41, 5.74) is 1.79. The van der Waals surface area contributed by atoms with Crippen LogP contribution in [0.1, 0.15) is 48.7 Å². The number of benzene rings is 2. The summed E-state index contributed by atoms with van der Waals surface area (Å²) in [7, 11) is 0. The fraction of sp³-hybridized carbons (Fsp3) is 0.333. The van der Waals surface area contributed by atoms with Gasteiger partial charge < -0.3 is 9.47 Å². The number of rotatable bonds is 8. The van der Waals surface area contributed by atoms with Crippen molar-refractivity contribution in [3.8, 4) is 11.5 Å². The number of ether oxygens (including phenoxy) is 2. The van der Waals surface area contributed by atoms with E-state index in [2.05, 4.69) is 26.5 Å². The Labute approximate surface area is 181 Å². The molecule has 1 N–H and O–H groups in total. The molecular formula is C21H22BrF3N2O3. The molecular weight excluding hydrogens is 465 g/mol. The third-order valence-corrected chi connectivity index (χ3v) is 4.65. The van der Waals surface area contributed by atoms with Crippen LogP contribution in [0.4, 0.5) is 13.2 Å². The Bertz CT molecular complexity index is 917. The number of carbonyl (C=O) groups excluding carboxylic acids is 1. The van der Waals surface area contributed by atoms with Gasteiger partial charge in [-0.25, -0.2) is 5.43 Å². The Morgan fingerprint density at radius 3 is 2.63 bits per heavy atom. The summed E-state index contributed by atoms with van der Waals surface area (Å²) in [6, 6.07) is 7.56. The van der Waals surface area contributed by atoms with Gasteiger partial charge in [-0.15, -0.1) is 0 Å². The molecule has 5 nitrogen and oxygen atoms in total. The lowest BCUT2D eigenvalue weighted by atomic mass is 10.1. The predicted octanol–water partition coefficient (Wildman–Crippen LogP) is 5.81. The van der Waals surface area contributed by atoms with Gasteiger partial charge in [0.1, 0.15) is 0 Å². The molecule has 0 aliphatic carbocycles. The van der Waals surface area contributed by atoms with Gasteiger partial charge in [-0.2, -0.15) is 18.3 Å². The van der Waals surface area contributed by atoms with E-state index in [4.69, 9.17) is 9.47 Å². The zero-order chi connectivity index (χ0) is 22.3. The van der Waals surface area contributed by atoms with Crippen LogP contribution in [0.5, 0.6) is 11.5 Å². The minimum Gasteiger partial charge on any atom is -0.490 e. The van der Waals surface area contributed by atoms with Gasteiger partial charge in [0.25, 0.3) is 5.91 Å². The van der Waals surface area contributed by atoms with Gasteiger partial charge in [0.05, 0.1) is 29.0 Å². The Balaban J connectivity index is 2.17. The standard InChI is InChI=1S/C21H22BrF3N2O3/c1-4-13(3)30-19-17(22)9-14(10-18(19)29-5-2)12-26-27-20(28)15-7-6-8-16(11-15)21(23,24)25/h6-13H,4-5H2,1-3H3,(H,27,28)/b26-12-/t13-/m0/s1. The molecule has 0 unspecified atom stereocenters. The molecule has 0 bridgehead atoms. The average Bonchev–Trinajstić information content (AvgIpc) is 2.70. The average molecular weight is 487 g/mol. The molecule has 2 aromatic carbocycles. The number of nitrogens with one attached hydrogen (secondary N) is 1. The number of amides is 1. The molecule has 0 fully saturated rings. The number of nitrogens with zero attached hydrogens (tertiary/aromatic N) is 1. The molecule has 0 aromatic heterocycles. The van der Waals surface area contributed by atoms with Crippen molar-refractivity contribution < 1.29 is 27.4 Å². The van der Waals surface area contributed by atoms with E-state index >= 15 is 0 Å². The van der Waals surface area contributed by atoms with E-state index in [1.54, 1.807) is 12.1 Å². The second-order valence-corrected chi connectivity index (χ2v) is 7.23. The van der Waals surface area contributed by atoms with Crippen LogP contribution in [0, 0.1) is 0 Å². The number of carbonyl (C=O) groups is 1. The van der Waals surface area contributed by atoms with E-state index in [-0.39, 0.29) is 11.7 Å². The number of hydrogen-bond acceptors (Lipinski definition) is 4. The maximum atomic E-state index is 12.8. The fourth-order valence-electron chi connectivity index (χ4n) is 2.39. The van der Waals surface area contributed by atoms with E-state index in [0.29, 0.717) is 28.1 Å². The summed E-state index contributed by atoms with van der Waals surface area (Å²) in [6.45, 7) is 6.22. The largest absolute Gasteiger partial charge is 0.490 e. The fourth-order valence-corrected chi connectivity index (χ4v) is 2.94. The summed E-state index contributed by atoms with van der Waals surface area (Å²) < 4.78 is 50.6.